The Hall–Kier alpha value is -1.20. The standard InChI is InChI=1S/C13H17N3OS/c1-13(2)9(7-10(13)17-3)16-11-8(15-12(16)18)5-4-6-14-11/h4-6,9-10H,7H2,1-3H3,(H,15,18). The molecule has 18 heavy (non-hydrogen) atoms. The molecule has 3 rings (SSSR count). The number of nitrogens with zero attached hydrogens (tertiary/aromatic N) is 2. The number of fused-ring (bicyclic) bond motifs is 1. The van der Waals surface area contributed by atoms with Crippen LogP contribution in [0, 0.1) is 10.2 Å². The molecule has 1 fully saturated rings. The SMILES string of the molecule is COC1CC(n2c(=S)[nH]c3cccnc32)C1(C)C. The van der Waals surface area contributed by atoms with Gasteiger partial charge in [0.1, 0.15) is 0 Å². The number of pyridine rings is 1. The molecular formula is C13H17N3OS. The third-order valence-electron chi connectivity index (χ3n) is 4.20. The highest BCUT2D eigenvalue weighted by Crippen LogP contribution is 2.51. The van der Waals surface area contributed by atoms with Crippen LogP contribution in [0.2, 0.25) is 0 Å². The fourth-order valence-electron chi connectivity index (χ4n) is 2.95. The van der Waals surface area contributed by atoms with Crippen LogP contribution in [0.25, 0.3) is 11.2 Å². The van der Waals surface area contributed by atoms with E-state index in [2.05, 4.69) is 28.4 Å². The zero-order chi connectivity index (χ0) is 12.9. The summed E-state index contributed by atoms with van der Waals surface area (Å²) in [4.78, 5) is 7.67. The Morgan fingerprint density at radius 3 is 3.00 bits per heavy atom. The fourth-order valence-corrected chi connectivity index (χ4v) is 3.27. The molecule has 1 saturated carbocycles. The van der Waals surface area contributed by atoms with Gasteiger partial charge in [-0.15, -0.1) is 0 Å². The average Bonchev–Trinajstić information content (AvgIpc) is 2.65. The Labute approximate surface area is 111 Å². The van der Waals surface area contributed by atoms with Gasteiger partial charge in [-0.05, 0) is 30.8 Å². The molecule has 2 unspecified atom stereocenters. The maximum absolute atomic E-state index is 5.50. The zero-order valence-electron chi connectivity index (χ0n) is 10.8. The highest BCUT2D eigenvalue weighted by Gasteiger charge is 2.50. The summed E-state index contributed by atoms with van der Waals surface area (Å²) in [5.41, 5.74) is 2.02. The third kappa shape index (κ3) is 1.47. The quantitative estimate of drug-likeness (QED) is 0.847. The summed E-state index contributed by atoms with van der Waals surface area (Å²) < 4.78 is 8.39. The number of ether oxygens (including phenoxy) is 1. The first-order valence-electron chi connectivity index (χ1n) is 6.13. The van der Waals surface area contributed by atoms with Crippen molar-refractivity contribution in [2.45, 2.75) is 32.4 Å². The molecule has 0 saturated heterocycles. The Bertz CT molecular complexity index is 643. The van der Waals surface area contributed by atoms with Crippen LogP contribution in [0.4, 0.5) is 0 Å². The molecule has 1 aliphatic carbocycles. The van der Waals surface area contributed by atoms with Crippen molar-refractivity contribution in [3.05, 3.63) is 23.1 Å². The molecule has 1 aliphatic rings. The zero-order valence-corrected chi connectivity index (χ0v) is 11.6. The molecule has 4 nitrogen and oxygen atoms in total. The van der Waals surface area contributed by atoms with Crippen molar-refractivity contribution in [2.75, 3.05) is 7.11 Å². The van der Waals surface area contributed by atoms with E-state index < -0.39 is 0 Å². The van der Waals surface area contributed by atoms with Crippen molar-refractivity contribution >= 4 is 23.4 Å². The van der Waals surface area contributed by atoms with Gasteiger partial charge in [-0.3, -0.25) is 4.57 Å². The van der Waals surface area contributed by atoms with Crippen LogP contribution in [-0.4, -0.2) is 27.7 Å². The number of methoxy groups -OCH3 is 1. The van der Waals surface area contributed by atoms with E-state index in [0.29, 0.717) is 6.04 Å². The monoisotopic (exact) mass is 263 g/mol. The first-order valence-corrected chi connectivity index (χ1v) is 6.54. The molecule has 0 radical (unpaired) electrons. The lowest BCUT2D eigenvalue weighted by molar-refractivity contribution is -0.112. The summed E-state index contributed by atoms with van der Waals surface area (Å²) in [5, 5.41) is 0. The predicted octanol–water partition coefficient (Wildman–Crippen LogP) is 3.08. The van der Waals surface area contributed by atoms with Gasteiger partial charge in [0.25, 0.3) is 0 Å². The number of H-pyrrole nitrogens is 1. The number of hydrogen-bond donors (Lipinski definition) is 1. The molecule has 0 aromatic carbocycles. The molecule has 0 amide bonds. The number of hydrogen-bond acceptors (Lipinski definition) is 3. The molecule has 0 aliphatic heterocycles. The fraction of sp³-hybridized carbons (Fsp3) is 0.538. The second kappa shape index (κ2) is 3.90. The molecule has 0 spiro atoms. The number of nitrogens with one attached hydrogen (secondary N) is 1. The van der Waals surface area contributed by atoms with Crippen molar-refractivity contribution in [1.29, 1.82) is 0 Å². The summed E-state index contributed by atoms with van der Waals surface area (Å²) in [6, 6.07) is 4.27. The molecule has 2 aromatic rings. The number of rotatable bonds is 2. The summed E-state index contributed by atoms with van der Waals surface area (Å²) in [6.07, 6.45) is 3.08. The lowest BCUT2D eigenvalue weighted by atomic mass is 9.64. The molecule has 5 heteroatoms. The minimum atomic E-state index is 0.0830. The van der Waals surface area contributed by atoms with Gasteiger partial charge < -0.3 is 9.72 Å². The van der Waals surface area contributed by atoms with Gasteiger partial charge >= 0.3 is 0 Å². The largest absolute Gasteiger partial charge is 0.381 e. The summed E-state index contributed by atoms with van der Waals surface area (Å²) in [5.74, 6) is 0. The summed E-state index contributed by atoms with van der Waals surface area (Å²) >= 11 is 5.43. The number of imidazole rings is 1. The van der Waals surface area contributed by atoms with Crippen LogP contribution in [0.3, 0.4) is 0 Å². The lowest BCUT2D eigenvalue weighted by Crippen LogP contribution is -2.51. The van der Waals surface area contributed by atoms with E-state index in [1.807, 2.05) is 12.1 Å². The van der Waals surface area contributed by atoms with E-state index in [1.54, 1.807) is 13.3 Å². The van der Waals surface area contributed by atoms with E-state index in [4.69, 9.17) is 17.0 Å². The normalized spacial score (nSPS) is 26.2. The van der Waals surface area contributed by atoms with Crippen LogP contribution < -0.4 is 0 Å². The predicted molar refractivity (Wildman–Crippen MR) is 73.1 cm³/mol. The van der Waals surface area contributed by atoms with E-state index in [1.165, 1.54) is 0 Å². The highest BCUT2D eigenvalue weighted by molar-refractivity contribution is 7.71. The van der Waals surface area contributed by atoms with Gasteiger partial charge in [-0.2, -0.15) is 0 Å². The van der Waals surface area contributed by atoms with Crippen molar-refractivity contribution in [3.63, 3.8) is 0 Å². The molecule has 0 bridgehead atoms. The van der Waals surface area contributed by atoms with Crippen LogP contribution in [-0.2, 0) is 4.74 Å². The second-order valence-corrected chi connectivity index (χ2v) is 5.86. The van der Waals surface area contributed by atoms with E-state index in [9.17, 15) is 0 Å². The van der Waals surface area contributed by atoms with Crippen molar-refractivity contribution in [1.82, 2.24) is 14.5 Å². The molecule has 2 atom stereocenters. The molecule has 1 N–H and O–H groups in total. The lowest BCUT2D eigenvalue weighted by Gasteiger charge is -2.51. The maximum Gasteiger partial charge on any atom is 0.179 e. The van der Waals surface area contributed by atoms with Crippen LogP contribution in [0.5, 0.6) is 0 Å². The van der Waals surface area contributed by atoms with Crippen LogP contribution in [0.15, 0.2) is 18.3 Å². The molecular weight excluding hydrogens is 246 g/mol. The van der Waals surface area contributed by atoms with Crippen LogP contribution >= 0.6 is 12.2 Å². The van der Waals surface area contributed by atoms with E-state index in [0.717, 1.165) is 22.4 Å². The minimum absolute atomic E-state index is 0.0830. The third-order valence-corrected chi connectivity index (χ3v) is 4.50. The average molecular weight is 263 g/mol. The van der Waals surface area contributed by atoms with Crippen molar-refractivity contribution < 1.29 is 4.74 Å². The van der Waals surface area contributed by atoms with Gasteiger partial charge in [-0.25, -0.2) is 4.98 Å². The molecule has 2 aromatic heterocycles. The van der Waals surface area contributed by atoms with Gasteiger partial charge in [-0.1, -0.05) is 13.8 Å². The van der Waals surface area contributed by atoms with Gasteiger partial charge in [0.15, 0.2) is 10.4 Å². The Morgan fingerprint density at radius 1 is 1.56 bits per heavy atom. The maximum atomic E-state index is 5.50. The first kappa shape index (κ1) is 11.9. The van der Waals surface area contributed by atoms with E-state index in [-0.39, 0.29) is 11.5 Å². The van der Waals surface area contributed by atoms with Crippen LogP contribution in [0.1, 0.15) is 26.3 Å². The Morgan fingerprint density at radius 2 is 2.33 bits per heavy atom. The number of aromatic nitrogens is 3. The first-order chi connectivity index (χ1) is 8.55. The van der Waals surface area contributed by atoms with Gasteiger partial charge in [0.05, 0.1) is 11.6 Å². The summed E-state index contributed by atoms with van der Waals surface area (Å²) in [7, 11) is 1.77. The Kier molecular flexibility index (Phi) is 2.57. The minimum Gasteiger partial charge on any atom is -0.381 e. The van der Waals surface area contributed by atoms with Crippen molar-refractivity contribution in [3.8, 4) is 0 Å². The molecule has 2 heterocycles. The number of aromatic amines is 1. The topological polar surface area (TPSA) is 42.8 Å². The second-order valence-electron chi connectivity index (χ2n) is 5.47. The highest BCUT2D eigenvalue weighted by atomic mass is 32.1. The summed E-state index contributed by atoms with van der Waals surface area (Å²) in [6.45, 7) is 4.44. The molecule has 96 valence electrons. The van der Waals surface area contributed by atoms with Crippen molar-refractivity contribution in [2.24, 2.45) is 5.41 Å². The van der Waals surface area contributed by atoms with Gasteiger partial charge in [0, 0.05) is 24.8 Å². The smallest absolute Gasteiger partial charge is 0.179 e. The van der Waals surface area contributed by atoms with E-state index >= 15 is 0 Å². The Balaban J connectivity index is 2.11. The van der Waals surface area contributed by atoms with Gasteiger partial charge in [0.2, 0.25) is 0 Å².